The number of carbonyl (C=O) groups is 4. The number of rotatable bonds is 10. The van der Waals surface area contributed by atoms with E-state index in [9.17, 15) is 19.2 Å². The molecular formula is C25H36N4O4. The quantitative estimate of drug-likeness (QED) is 0.529. The van der Waals surface area contributed by atoms with Crippen LogP contribution in [0.5, 0.6) is 0 Å². The van der Waals surface area contributed by atoms with Gasteiger partial charge in [0, 0.05) is 31.6 Å². The van der Waals surface area contributed by atoms with E-state index in [1.165, 1.54) is 4.90 Å². The van der Waals surface area contributed by atoms with E-state index in [0.29, 0.717) is 25.8 Å². The first-order chi connectivity index (χ1) is 15.9. The van der Waals surface area contributed by atoms with E-state index in [-0.39, 0.29) is 54.8 Å². The Labute approximate surface area is 196 Å². The molecule has 1 aliphatic heterocycles. The standard InChI is InChI=1S/C25H36N4O4/c1-18(2)27-22(30)14-8-9-15-28-24(32)20-12-6-7-13-21(20)29(25(28)33)17-23(31)26-16-19-10-4-3-5-11-19/h3-5,10-11,18,20-21H,6-9,12-17H2,1-2H3,(H,26,31)(H,27,30). The first kappa shape index (κ1) is 24.7. The summed E-state index contributed by atoms with van der Waals surface area (Å²) in [6.07, 6.45) is 4.93. The minimum atomic E-state index is -0.385. The molecule has 1 aliphatic carbocycles. The van der Waals surface area contributed by atoms with Gasteiger partial charge >= 0.3 is 6.03 Å². The number of amides is 5. The Kier molecular flexibility index (Phi) is 8.86. The highest BCUT2D eigenvalue weighted by Crippen LogP contribution is 2.34. The molecule has 33 heavy (non-hydrogen) atoms. The van der Waals surface area contributed by atoms with E-state index in [4.69, 9.17) is 0 Å². The molecule has 2 N–H and O–H groups in total. The maximum absolute atomic E-state index is 13.2. The van der Waals surface area contributed by atoms with Gasteiger partial charge in [0.25, 0.3) is 0 Å². The molecule has 1 saturated heterocycles. The predicted octanol–water partition coefficient (Wildman–Crippen LogP) is 2.82. The Balaban J connectivity index is 1.58. The lowest BCUT2D eigenvalue weighted by atomic mass is 9.81. The Bertz CT molecular complexity index is 842. The van der Waals surface area contributed by atoms with Crippen LogP contribution in [0.15, 0.2) is 30.3 Å². The number of nitrogens with one attached hydrogen (secondary N) is 2. The number of hydrogen-bond donors (Lipinski definition) is 2. The zero-order chi connectivity index (χ0) is 23.8. The third-order valence-electron chi connectivity index (χ3n) is 6.32. The molecular weight excluding hydrogens is 420 g/mol. The fourth-order valence-electron chi connectivity index (χ4n) is 4.71. The van der Waals surface area contributed by atoms with Crippen LogP contribution in [0.1, 0.15) is 64.4 Å². The number of benzene rings is 1. The number of fused-ring (bicyclic) bond motifs is 1. The molecule has 1 aromatic carbocycles. The SMILES string of the molecule is CC(C)NC(=O)CCCCN1C(=O)C2CCCCC2N(CC(=O)NCc2ccccc2)C1=O. The van der Waals surface area contributed by atoms with Crippen molar-refractivity contribution in [1.82, 2.24) is 20.4 Å². The number of nitrogens with zero attached hydrogens (tertiary/aromatic N) is 2. The van der Waals surface area contributed by atoms with Gasteiger partial charge in [0.15, 0.2) is 0 Å². The maximum Gasteiger partial charge on any atom is 0.327 e. The Morgan fingerprint density at radius 3 is 2.48 bits per heavy atom. The van der Waals surface area contributed by atoms with Gasteiger partial charge in [-0.3, -0.25) is 19.3 Å². The smallest absolute Gasteiger partial charge is 0.327 e. The molecule has 0 radical (unpaired) electrons. The first-order valence-electron chi connectivity index (χ1n) is 12.1. The van der Waals surface area contributed by atoms with Crippen molar-refractivity contribution >= 4 is 23.8 Å². The number of hydrogen-bond acceptors (Lipinski definition) is 4. The molecule has 1 aromatic rings. The summed E-state index contributed by atoms with van der Waals surface area (Å²) in [4.78, 5) is 53.7. The van der Waals surface area contributed by atoms with Crippen molar-refractivity contribution in [3.8, 4) is 0 Å². The van der Waals surface area contributed by atoms with E-state index in [2.05, 4.69) is 10.6 Å². The molecule has 2 unspecified atom stereocenters. The van der Waals surface area contributed by atoms with Crippen LogP contribution < -0.4 is 10.6 Å². The van der Waals surface area contributed by atoms with Gasteiger partial charge in [-0.2, -0.15) is 0 Å². The van der Waals surface area contributed by atoms with Crippen molar-refractivity contribution in [3.63, 3.8) is 0 Å². The predicted molar refractivity (Wildman–Crippen MR) is 125 cm³/mol. The second kappa shape index (κ2) is 11.8. The van der Waals surface area contributed by atoms with E-state index in [0.717, 1.165) is 31.2 Å². The lowest BCUT2D eigenvalue weighted by Gasteiger charge is -2.46. The van der Waals surface area contributed by atoms with Gasteiger partial charge in [-0.1, -0.05) is 43.2 Å². The zero-order valence-corrected chi connectivity index (χ0v) is 19.7. The van der Waals surface area contributed by atoms with Crippen LogP contribution in [0.25, 0.3) is 0 Å². The molecule has 2 atom stereocenters. The highest BCUT2D eigenvalue weighted by Gasteiger charge is 2.47. The van der Waals surface area contributed by atoms with Crippen molar-refractivity contribution < 1.29 is 19.2 Å². The summed E-state index contributed by atoms with van der Waals surface area (Å²) in [7, 11) is 0. The lowest BCUT2D eigenvalue weighted by molar-refractivity contribution is -0.142. The summed E-state index contributed by atoms with van der Waals surface area (Å²) in [6.45, 7) is 4.45. The number of imide groups is 1. The first-order valence-corrected chi connectivity index (χ1v) is 12.1. The highest BCUT2D eigenvalue weighted by atomic mass is 16.2. The fourth-order valence-corrected chi connectivity index (χ4v) is 4.71. The molecule has 1 saturated carbocycles. The molecule has 0 bridgehead atoms. The molecule has 0 spiro atoms. The van der Waals surface area contributed by atoms with Gasteiger partial charge < -0.3 is 15.5 Å². The summed E-state index contributed by atoms with van der Waals surface area (Å²) in [5.41, 5.74) is 0.990. The second-order valence-electron chi connectivity index (χ2n) is 9.30. The van der Waals surface area contributed by atoms with Crippen molar-refractivity contribution in [3.05, 3.63) is 35.9 Å². The third-order valence-corrected chi connectivity index (χ3v) is 6.32. The van der Waals surface area contributed by atoms with Crippen LogP contribution in [-0.4, -0.2) is 58.7 Å². The molecule has 1 heterocycles. The molecule has 180 valence electrons. The van der Waals surface area contributed by atoms with Gasteiger partial charge in [0.05, 0.1) is 5.92 Å². The molecule has 2 aliphatic rings. The molecule has 8 heteroatoms. The summed E-state index contributed by atoms with van der Waals surface area (Å²) < 4.78 is 0. The van der Waals surface area contributed by atoms with Crippen LogP contribution in [-0.2, 0) is 20.9 Å². The van der Waals surface area contributed by atoms with Crippen molar-refractivity contribution in [2.75, 3.05) is 13.1 Å². The average molecular weight is 457 g/mol. The third kappa shape index (κ3) is 6.79. The van der Waals surface area contributed by atoms with Gasteiger partial charge in [0.2, 0.25) is 17.7 Å². The Hall–Kier alpha value is -2.90. The fraction of sp³-hybridized carbons (Fsp3) is 0.600. The van der Waals surface area contributed by atoms with Crippen LogP contribution in [0.4, 0.5) is 4.79 Å². The Morgan fingerprint density at radius 2 is 1.76 bits per heavy atom. The zero-order valence-electron chi connectivity index (χ0n) is 19.7. The van der Waals surface area contributed by atoms with Crippen LogP contribution in [0.3, 0.4) is 0 Å². The second-order valence-corrected chi connectivity index (χ2v) is 9.30. The maximum atomic E-state index is 13.2. The number of unbranched alkanes of at least 4 members (excludes halogenated alkanes) is 1. The molecule has 8 nitrogen and oxygen atoms in total. The highest BCUT2D eigenvalue weighted by molar-refractivity contribution is 6.00. The topological polar surface area (TPSA) is 98.8 Å². The van der Waals surface area contributed by atoms with Crippen LogP contribution in [0, 0.1) is 5.92 Å². The van der Waals surface area contributed by atoms with Gasteiger partial charge in [-0.25, -0.2) is 4.79 Å². The van der Waals surface area contributed by atoms with Crippen molar-refractivity contribution in [1.29, 1.82) is 0 Å². The molecule has 2 fully saturated rings. The molecule has 0 aromatic heterocycles. The minimum absolute atomic E-state index is 0.0228. The van der Waals surface area contributed by atoms with Crippen molar-refractivity contribution in [2.24, 2.45) is 5.92 Å². The normalized spacial score (nSPS) is 20.6. The number of carbonyl (C=O) groups excluding carboxylic acids is 4. The monoisotopic (exact) mass is 456 g/mol. The molecule has 5 amide bonds. The number of urea groups is 1. The van der Waals surface area contributed by atoms with Gasteiger partial charge in [0.1, 0.15) is 6.54 Å². The lowest BCUT2D eigenvalue weighted by Crippen LogP contribution is -2.63. The van der Waals surface area contributed by atoms with E-state index >= 15 is 0 Å². The largest absolute Gasteiger partial charge is 0.354 e. The van der Waals surface area contributed by atoms with Gasteiger partial charge in [-0.15, -0.1) is 0 Å². The Morgan fingerprint density at radius 1 is 1.03 bits per heavy atom. The van der Waals surface area contributed by atoms with E-state index < -0.39 is 0 Å². The van der Waals surface area contributed by atoms with Gasteiger partial charge in [-0.05, 0) is 45.1 Å². The summed E-state index contributed by atoms with van der Waals surface area (Å²) in [5, 5.41) is 5.74. The van der Waals surface area contributed by atoms with Crippen LogP contribution in [0.2, 0.25) is 0 Å². The van der Waals surface area contributed by atoms with E-state index in [1.54, 1.807) is 4.90 Å². The van der Waals surface area contributed by atoms with Crippen LogP contribution >= 0.6 is 0 Å². The summed E-state index contributed by atoms with van der Waals surface area (Å²) in [5.74, 6) is -0.624. The average Bonchev–Trinajstić information content (AvgIpc) is 2.80. The summed E-state index contributed by atoms with van der Waals surface area (Å²) >= 11 is 0. The van der Waals surface area contributed by atoms with Crippen molar-refractivity contribution in [2.45, 2.75) is 77.4 Å². The van der Waals surface area contributed by atoms with E-state index in [1.807, 2.05) is 44.2 Å². The minimum Gasteiger partial charge on any atom is -0.354 e. The molecule has 3 rings (SSSR count). The summed E-state index contributed by atoms with van der Waals surface area (Å²) in [6, 6.07) is 9.11.